The normalized spacial score (nSPS) is 22.9. The van der Waals surface area contributed by atoms with Gasteiger partial charge in [0.1, 0.15) is 0 Å². The molecule has 1 saturated carbocycles. The Kier molecular flexibility index (Phi) is 4.40. The number of hydrogen-bond donors (Lipinski definition) is 1. The van der Waals surface area contributed by atoms with Crippen molar-refractivity contribution < 1.29 is 30.6 Å². The minimum Gasteiger partial charge on any atom is -0.321 e. The third-order valence-corrected chi connectivity index (χ3v) is 5.39. The summed E-state index contributed by atoms with van der Waals surface area (Å²) in [7, 11) is -4.95. The van der Waals surface area contributed by atoms with Gasteiger partial charge < -0.3 is 5.32 Å². The summed E-state index contributed by atoms with van der Waals surface area (Å²) in [6, 6.07) is 5.28. The van der Waals surface area contributed by atoms with Crippen molar-refractivity contribution in [3.63, 3.8) is 0 Å². The maximum Gasteiger partial charge on any atom is 0.433 e. The highest BCUT2D eigenvalue weighted by Gasteiger charge is 2.69. The number of amides is 1. The van der Waals surface area contributed by atoms with Crippen molar-refractivity contribution in [2.24, 2.45) is 5.92 Å². The van der Waals surface area contributed by atoms with Crippen molar-refractivity contribution in [2.75, 3.05) is 16.2 Å². The molecule has 3 rings (SSSR count). The molecule has 26 heavy (non-hydrogen) atoms. The first-order chi connectivity index (χ1) is 12.1. The summed E-state index contributed by atoms with van der Waals surface area (Å²) in [5.41, 5.74) is -4.03. The summed E-state index contributed by atoms with van der Waals surface area (Å²) >= 11 is 0. The first kappa shape index (κ1) is 18.5. The number of halogens is 3. The topological polar surface area (TPSA) is 75.7 Å². The molecule has 1 aliphatic heterocycles. The van der Waals surface area contributed by atoms with Gasteiger partial charge in [0.25, 0.3) is 11.4 Å². The van der Waals surface area contributed by atoms with Crippen LogP contribution in [0.5, 0.6) is 0 Å². The van der Waals surface area contributed by atoms with Crippen LogP contribution >= 0.6 is 0 Å². The van der Waals surface area contributed by atoms with E-state index < -0.39 is 34.5 Å². The van der Waals surface area contributed by atoms with Crippen LogP contribution in [-0.4, -0.2) is 32.6 Å². The summed E-state index contributed by atoms with van der Waals surface area (Å²) in [4.78, 5) is 12.5. The molecule has 0 radical (unpaired) electrons. The van der Waals surface area contributed by atoms with Gasteiger partial charge in [-0.2, -0.15) is 21.6 Å². The predicted octanol–water partition coefficient (Wildman–Crippen LogP) is 2.44. The van der Waals surface area contributed by atoms with E-state index in [0.29, 0.717) is 12.8 Å². The van der Waals surface area contributed by atoms with E-state index in [1.165, 1.54) is 25.1 Å². The lowest BCUT2D eigenvalue weighted by Gasteiger charge is -2.43. The van der Waals surface area contributed by atoms with Gasteiger partial charge in [0, 0.05) is 5.92 Å². The molecule has 0 bridgehead atoms. The summed E-state index contributed by atoms with van der Waals surface area (Å²) in [6.07, 6.45) is -4.08. The van der Waals surface area contributed by atoms with Crippen LogP contribution in [0.2, 0.25) is 0 Å². The number of carbonyl (C=O) groups is 1. The van der Waals surface area contributed by atoms with Crippen molar-refractivity contribution in [1.82, 2.24) is 0 Å². The van der Waals surface area contributed by atoms with Gasteiger partial charge in [-0.05, 0) is 31.9 Å². The number of benzene rings is 1. The molecule has 1 heterocycles. The summed E-state index contributed by atoms with van der Waals surface area (Å²) in [5.74, 6) is 2.44. The second kappa shape index (κ2) is 6.17. The lowest BCUT2D eigenvalue weighted by Crippen LogP contribution is -2.69. The molecule has 140 valence electrons. The van der Waals surface area contributed by atoms with Crippen LogP contribution in [0, 0.1) is 17.8 Å². The van der Waals surface area contributed by atoms with Crippen molar-refractivity contribution in [3.8, 4) is 11.8 Å². The zero-order valence-electron chi connectivity index (χ0n) is 13.6. The van der Waals surface area contributed by atoms with Crippen LogP contribution in [0.25, 0.3) is 0 Å². The van der Waals surface area contributed by atoms with Crippen molar-refractivity contribution in [3.05, 3.63) is 24.3 Å². The number of carbonyl (C=O) groups excluding carboxylic acids is 1. The summed E-state index contributed by atoms with van der Waals surface area (Å²) in [6.45, 7) is 0.922. The molecule has 0 spiro atoms. The highest BCUT2D eigenvalue weighted by molar-refractivity contribution is 7.88. The van der Waals surface area contributed by atoms with Crippen LogP contribution < -0.4 is 9.62 Å². The molecule has 1 fully saturated rings. The minimum absolute atomic E-state index is 0.0486. The van der Waals surface area contributed by atoms with Crippen molar-refractivity contribution in [2.45, 2.75) is 31.5 Å². The number of nitrogens with zero attached hydrogens (tertiary/aromatic N) is 1. The van der Waals surface area contributed by atoms with E-state index in [-0.39, 0.29) is 21.6 Å². The lowest BCUT2D eigenvalue weighted by molar-refractivity contribution is -0.174. The zero-order chi connectivity index (χ0) is 19.2. The molecule has 1 amide bonds. The van der Waals surface area contributed by atoms with E-state index in [2.05, 4.69) is 15.4 Å². The summed E-state index contributed by atoms with van der Waals surface area (Å²) in [5, 5.41) is 2.12. The van der Waals surface area contributed by atoms with Crippen molar-refractivity contribution in [1.29, 1.82) is 0 Å². The van der Waals surface area contributed by atoms with E-state index >= 15 is 0 Å². The molecule has 1 aromatic carbocycles. The Balaban J connectivity index is 2.32. The van der Waals surface area contributed by atoms with Crippen LogP contribution in [-0.2, 0) is 19.3 Å². The van der Waals surface area contributed by atoms with E-state index in [9.17, 15) is 26.4 Å². The van der Waals surface area contributed by atoms with Crippen LogP contribution in [0.15, 0.2) is 24.3 Å². The third kappa shape index (κ3) is 2.91. The number of rotatable bonds is 3. The van der Waals surface area contributed by atoms with E-state index in [1.54, 1.807) is 0 Å². The largest absolute Gasteiger partial charge is 0.433 e. The van der Waals surface area contributed by atoms with Gasteiger partial charge in [-0.1, -0.05) is 24.0 Å². The Hall–Kier alpha value is -2.25. The number of nitrogens with one attached hydrogen (secondary N) is 1. The zero-order valence-corrected chi connectivity index (χ0v) is 14.4. The van der Waals surface area contributed by atoms with Crippen LogP contribution in [0.1, 0.15) is 19.8 Å². The SMILES string of the molecule is CCOS(=O)(=O)N1c2ccccc2NC(=O)C1(C#CC1CC1)C(F)(F)F. The number of fused-ring (bicyclic) bond motifs is 1. The van der Waals surface area contributed by atoms with Gasteiger partial charge >= 0.3 is 16.5 Å². The third-order valence-electron chi connectivity index (χ3n) is 3.94. The highest BCUT2D eigenvalue weighted by atomic mass is 32.2. The fourth-order valence-electron chi connectivity index (χ4n) is 2.59. The Morgan fingerprint density at radius 3 is 2.58 bits per heavy atom. The molecule has 1 aliphatic carbocycles. The lowest BCUT2D eigenvalue weighted by atomic mass is 9.94. The summed E-state index contributed by atoms with van der Waals surface area (Å²) < 4.78 is 72.0. The molecule has 1 aromatic rings. The maximum atomic E-state index is 14.1. The monoisotopic (exact) mass is 388 g/mol. The minimum atomic E-state index is -5.29. The van der Waals surface area contributed by atoms with Gasteiger partial charge in [-0.15, -0.1) is 0 Å². The molecular weight excluding hydrogens is 373 g/mol. The maximum absolute atomic E-state index is 14.1. The van der Waals surface area contributed by atoms with Gasteiger partial charge in [0.15, 0.2) is 0 Å². The highest BCUT2D eigenvalue weighted by Crippen LogP contribution is 2.47. The molecule has 2 aliphatic rings. The van der Waals surface area contributed by atoms with E-state index in [1.807, 2.05) is 5.92 Å². The molecule has 6 nitrogen and oxygen atoms in total. The Morgan fingerprint density at radius 2 is 2.00 bits per heavy atom. The van der Waals surface area contributed by atoms with E-state index in [4.69, 9.17) is 0 Å². The van der Waals surface area contributed by atoms with Crippen LogP contribution in [0.3, 0.4) is 0 Å². The number of anilines is 2. The smallest absolute Gasteiger partial charge is 0.321 e. The molecule has 0 saturated heterocycles. The second-order valence-corrected chi connectivity index (χ2v) is 7.31. The second-order valence-electron chi connectivity index (χ2n) is 5.85. The fourth-order valence-corrected chi connectivity index (χ4v) is 3.96. The fraction of sp³-hybridized carbons (Fsp3) is 0.438. The molecular formula is C16H15F3N2O4S. The molecule has 1 atom stereocenters. The number of para-hydroxylation sites is 2. The molecule has 1 N–H and O–H groups in total. The average Bonchev–Trinajstić information content (AvgIpc) is 3.35. The number of alkyl halides is 3. The first-order valence-corrected chi connectivity index (χ1v) is 9.19. The van der Waals surface area contributed by atoms with Gasteiger partial charge in [0.05, 0.1) is 18.0 Å². The Labute approximate surface area is 148 Å². The molecule has 10 heteroatoms. The first-order valence-electron chi connectivity index (χ1n) is 7.83. The predicted molar refractivity (Wildman–Crippen MR) is 87.4 cm³/mol. The quantitative estimate of drug-likeness (QED) is 0.807. The Morgan fingerprint density at radius 1 is 1.35 bits per heavy atom. The van der Waals surface area contributed by atoms with Gasteiger partial charge in [-0.25, -0.2) is 4.31 Å². The molecule has 1 unspecified atom stereocenters. The molecule has 0 aromatic heterocycles. The van der Waals surface area contributed by atoms with Gasteiger partial charge in [0.2, 0.25) is 0 Å². The van der Waals surface area contributed by atoms with Crippen molar-refractivity contribution >= 4 is 27.6 Å². The van der Waals surface area contributed by atoms with E-state index in [0.717, 1.165) is 6.07 Å². The standard InChI is InChI=1S/C16H15F3N2O4S/c1-2-25-26(23,24)21-13-6-4-3-5-12(13)20-14(22)15(21,16(17,18)19)10-9-11-7-8-11/h3-6,11H,2,7-8H2,1H3,(H,20,22). The van der Waals surface area contributed by atoms with Crippen LogP contribution in [0.4, 0.5) is 24.5 Å². The average molecular weight is 388 g/mol. The van der Waals surface area contributed by atoms with Gasteiger partial charge in [-0.3, -0.25) is 8.98 Å². The Bertz CT molecular complexity index is 900. The number of hydrogen-bond acceptors (Lipinski definition) is 4.